The molecule has 0 saturated carbocycles. The Hall–Kier alpha value is -2.04. The molecule has 1 aromatic carbocycles. The Morgan fingerprint density at radius 2 is 2.12 bits per heavy atom. The molecule has 5 nitrogen and oxygen atoms in total. The third-order valence-corrected chi connectivity index (χ3v) is 2.43. The summed E-state index contributed by atoms with van der Waals surface area (Å²) < 4.78 is 10.3. The molecule has 0 amide bonds. The third kappa shape index (κ3) is 2.22. The van der Waals surface area contributed by atoms with E-state index in [0.717, 1.165) is 5.56 Å². The van der Waals surface area contributed by atoms with Crippen LogP contribution in [0, 0.1) is 0 Å². The molecule has 1 heterocycles. The van der Waals surface area contributed by atoms with Gasteiger partial charge < -0.3 is 15.0 Å². The first-order chi connectivity index (χ1) is 8.11. The molecule has 1 aromatic heterocycles. The molecule has 0 bridgehead atoms. The van der Waals surface area contributed by atoms with Crippen LogP contribution < -0.4 is 10.5 Å². The number of nitrogens with zero attached hydrogens (tertiary/aromatic N) is 2. The maximum Gasteiger partial charge on any atom is 0.229 e. The lowest BCUT2D eigenvalue weighted by Crippen LogP contribution is -1.93. The van der Waals surface area contributed by atoms with Gasteiger partial charge in [-0.25, -0.2) is 0 Å². The topological polar surface area (TPSA) is 74.2 Å². The van der Waals surface area contributed by atoms with E-state index in [1.807, 2.05) is 19.9 Å². The molecule has 2 N–H and O–H groups in total. The quantitative estimate of drug-likeness (QED) is 0.824. The summed E-state index contributed by atoms with van der Waals surface area (Å²) in [4.78, 5) is 4.31. The maximum absolute atomic E-state index is 5.74. The van der Waals surface area contributed by atoms with Crippen LogP contribution >= 0.6 is 0 Å². The first-order valence-electron chi connectivity index (χ1n) is 5.39. The summed E-state index contributed by atoms with van der Waals surface area (Å²) in [6.07, 6.45) is 0. The van der Waals surface area contributed by atoms with Crippen molar-refractivity contribution in [2.24, 2.45) is 0 Å². The Bertz CT molecular complexity index is 520. The Labute approximate surface area is 99.6 Å². The molecule has 0 fully saturated rings. The fourth-order valence-electron chi connectivity index (χ4n) is 1.44. The van der Waals surface area contributed by atoms with E-state index in [0.29, 0.717) is 23.2 Å². The van der Waals surface area contributed by atoms with Crippen LogP contribution in [0.4, 0.5) is 5.69 Å². The first-order valence-corrected chi connectivity index (χ1v) is 5.39. The van der Waals surface area contributed by atoms with Crippen molar-refractivity contribution in [1.82, 2.24) is 10.1 Å². The number of nitrogens with two attached hydrogens (primary N) is 1. The van der Waals surface area contributed by atoms with Crippen molar-refractivity contribution in [3.8, 4) is 17.1 Å². The van der Waals surface area contributed by atoms with E-state index in [-0.39, 0.29) is 5.92 Å². The summed E-state index contributed by atoms with van der Waals surface area (Å²) >= 11 is 0. The van der Waals surface area contributed by atoms with Crippen LogP contribution in [-0.4, -0.2) is 17.3 Å². The van der Waals surface area contributed by atoms with E-state index < -0.39 is 0 Å². The second-order valence-electron chi connectivity index (χ2n) is 4.07. The van der Waals surface area contributed by atoms with Crippen LogP contribution in [0.2, 0.25) is 0 Å². The third-order valence-electron chi connectivity index (χ3n) is 2.43. The smallest absolute Gasteiger partial charge is 0.229 e. The van der Waals surface area contributed by atoms with Crippen molar-refractivity contribution in [2.75, 3.05) is 12.8 Å². The minimum Gasteiger partial charge on any atom is -0.495 e. The zero-order chi connectivity index (χ0) is 12.4. The molecule has 0 unspecified atom stereocenters. The van der Waals surface area contributed by atoms with Gasteiger partial charge in [0.05, 0.1) is 12.8 Å². The Balaban J connectivity index is 2.38. The summed E-state index contributed by atoms with van der Waals surface area (Å²) in [5.41, 5.74) is 7.15. The van der Waals surface area contributed by atoms with E-state index in [2.05, 4.69) is 10.1 Å². The summed E-state index contributed by atoms with van der Waals surface area (Å²) in [5.74, 6) is 1.99. The van der Waals surface area contributed by atoms with Gasteiger partial charge in [0.15, 0.2) is 0 Å². The molecule has 5 heteroatoms. The average Bonchev–Trinajstić information content (AvgIpc) is 2.79. The standard InChI is InChI=1S/C12H15N3O2/c1-7(2)12-14-11(15-17-12)8-4-5-9(13)10(6-8)16-3/h4-7H,13H2,1-3H3. The summed E-state index contributed by atoms with van der Waals surface area (Å²) in [7, 11) is 1.57. The summed E-state index contributed by atoms with van der Waals surface area (Å²) in [6.45, 7) is 4.00. The number of nitrogen functional groups attached to an aromatic ring is 1. The number of hydrogen-bond donors (Lipinski definition) is 1. The van der Waals surface area contributed by atoms with Gasteiger partial charge in [-0.2, -0.15) is 4.98 Å². The molecule has 0 aliphatic heterocycles. The van der Waals surface area contributed by atoms with Crippen molar-refractivity contribution in [2.45, 2.75) is 19.8 Å². The van der Waals surface area contributed by atoms with Gasteiger partial charge in [0.1, 0.15) is 5.75 Å². The average molecular weight is 233 g/mol. The minimum absolute atomic E-state index is 0.215. The Morgan fingerprint density at radius 3 is 2.71 bits per heavy atom. The lowest BCUT2D eigenvalue weighted by atomic mass is 10.2. The van der Waals surface area contributed by atoms with E-state index in [1.165, 1.54) is 0 Å². The second kappa shape index (κ2) is 4.45. The molecule has 0 radical (unpaired) electrons. The molecular weight excluding hydrogens is 218 g/mol. The van der Waals surface area contributed by atoms with Crippen LogP contribution in [0.25, 0.3) is 11.4 Å². The Morgan fingerprint density at radius 1 is 1.35 bits per heavy atom. The fraction of sp³-hybridized carbons (Fsp3) is 0.333. The SMILES string of the molecule is COc1cc(-c2noc(C(C)C)n2)ccc1N. The van der Waals surface area contributed by atoms with Gasteiger partial charge >= 0.3 is 0 Å². The molecule has 0 aliphatic rings. The second-order valence-corrected chi connectivity index (χ2v) is 4.07. The van der Waals surface area contributed by atoms with Gasteiger partial charge in [-0.15, -0.1) is 0 Å². The van der Waals surface area contributed by atoms with E-state index in [4.69, 9.17) is 15.0 Å². The van der Waals surface area contributed by atoms with Crippen molar-refractivity contribution < 1.29 is 9.26 Å². The van der Waals surface area contributed by atoms with E-state index >= 15 is 0 Å². The summed E-state index contributed by atoms with van der Waals surface area (Å²) in [5, 5.41) is 3.93. The lowest BCUT2D eigenvalue weighted by molar-refractivity contribution is 0.365. The first kappa shape index (κ1) is 11.4. The molecule has 2 rings (SSSR count). The number of aromatic nitrogens is 2. The van der Waals surface area contributed by atoms with E-state index in [9.17, 15) is 0 Å². The number of anilines is 1. The number of benzene rings is 1. The van der Waals surface area contributed by atoms with Crippen LogP contribution in [0.3, 0.4) is 0 Å². The largest absolute Gasteiger partial charge is 0.495 e. The molecular formula is C12H15N3O2. The van der Waals surface area contributed by atoms with Gasteiger partial charge in [-0.05, 0) is 18.2 Å². The zero-order valence-electron chi connectivity index (χ0n) is 10.1. The fourth-order valence-corrected chi connectivity index (χ4v) is 1.44. The molecule has 90 valence electrons. The van der Waals surface area contributed by atoms with Crippen molar-refractivity contribution in [3.05, 3.63) is 24.1 Å². The monoisotopic (exact) mass is 233 g/mol. The predicted octanol–water partition coefficient (Wildman–Crippen LogP) is 2.45. The van der Waals surface area contributed by atoms with Crippen LogP contribution in [0.15, 0.2) is 22.7 Å². The number of ether oxygens (including phenoxy) is 1. The highest BCUT2D eigenvalue weighted by Gasteiger charge is 2.12. The predicted molar refractivity (Wildman–Crippen MR) is 64.8 cm³/mol. The molecule has 0 saturated heterocycles. The van der Waals surface area contributed by atoms with Gasteiger partial charge in [0, 0.05) is 11.5 Å². The minimum atomic E-state index is 0.215. The van der Waals surface area contributed by atoms with Crippen LogP contribution in [0.1, 0.15) is 25.7 Å². The van der Waals surface area contributed by atoms with Crippen LogP contribution in [0.5, 0.6) is 5.75 Å². The van der Waals surface area contributed by atoms with Gasteiger partial charge in [0.2, 0.25) is 11.7 Å². The zero-order valence-corrected chi connectivity index (χ0v) is 10.1. The normalized spacial score (nSPS) is 10.8. The van der Waals surface area contributed by atoms with Gasteiger partial charge in [-0.3, -0.25) is 0 Å². The number of hydrogen-bond acceptors (Lipinski definition) is 5. The molecule has 0 atom stereocenters. The van der Waals surface area contributed by atoms with Gasteiger partial charge in [0.25, 0.3) is 0 Å². The molecule has 0 aliphatic carbocycles. The highest BCUT2D eigenvalue weighted by atomic mass is 16.5. The maximum atomic E-state index is 5.74. The van der Waals surface area contributed by atoms with Crippen molar-refractivity contribution >= 4 is 5.69 Å². The molecule has 0 spiro atoms. The van der Waals surface area contributed by atoms with E-state index in [1.54, 1.807) is 19.2 Å². The summed E-state index contributed by atoms with van der Waals surface area (Å²) in [6, 6.07) is 5.40. The number of methoxy groups -OCH3 is 1. The number of rotatable bonds is 3. The van der Waals surface area contributed by atoms with Crippen LogP contribution in [-0.2, 0) is 0 Å². The lowest BCUT2D eigenvalue weighted by Gasteiger charge is -2.04. The molecule has 2 aromatic rings. The van der Waals surface area contributed by atoms with Crippen molar-refractivity contribution in [1.29, 1.82) is 0 Å². The Kier molecular flexibility index (Phi) is 2.99. The van der Waals surface area contributed by atoms with Crippen molar-refractivity contribution in [3.63, 3.8) is 0 Å². The highest BCUT2D eigenvalue weighted by molar-refractivity contribution is 5.65. The van der Waals surface area contributed by atoms with Gasteiger partial charge in [-0.1, -0.05) is 19.0 Å². The molecule has 17 heavy (non-hydrogen) atoms. The highest BCUT2D eigenvalue weighted by Crippen LogP contribution is 2.27.